The predicted molar refractivity (Wildman–Crippen MR) is 96.1 cm³/mol. The van der Waals surface area contributed by atoms with Crippen LogP contribution in [0.15, 0.2) is 47.7 Å². The highest BCUT2D eigenvalue weighted by Crippen LogP contribution is 2.09. The van der Waals surface area contributed by atoms with Crippen LogP contribution in [-0.2, 0) is 13.0 Å². The van der Waals surface area contributed by atoms with E-state index in [-0.39, 0.29) is 6.10 Å². The van der Waals surface area contributed by atoms with Gasteiger partial charge in [0.1, 0.15) is 0 Å². The topological polar surface area (TPSA) is 71.4 Å². The van der Waals surface area contributed by atoms with E-state index in [4.69, 9.17) is 4.74 Å². The van der Waals surface area contributed by atoms with Crippen LogP contribution in [0.4, 0.5) is 0 Å². The van der Waals surface area contributed by atoms with E-state index < -0.39 is 0 Å². The van der Waals surface area contributed by atoms with Crippen LogP contribution in [0, 0.1) is 0 Å². The first kappa shape index (κ1) is 17.7. The first-order chi connectivity index (χ1) is 11.7. The molecule has 0 spiro atoms. The van der Waals surface area contributed by atoms with Crippen LogP contribution in [0.2, 0.25) is 0 Å². The first-order valence-corrected chi connectivity index (χ1v) is 8.13. The molecule has 2 aromatic heterocycles. The maximum atomic E-state index is 5.54. The number of nitrogens with zero attached hydrogens (tertiary/aromatic N) is 3. The lowest BCUT2D eigenvalue weighted by Gasteiger charge is -2.12. The van der Waals surface area contributed by atoms with Crippen molar-refractivity contribution < 1.29 is 4.74 Å². The van der Waals surface area contributed by atoms with E-state index in [1.165, 1.54) is 0 Å². The summed E-state index contributed by atoms with van der Waals surface area (Å²) in [5, 5.41) is 6.55. The quantitative estimate of drug-likeness (QED) is 0.602. The number of ether oxygens (including phenoxy) is 1. The van der Waals surface area contributed by atoms with E-state index in [9.17, 15) is 0 Å². The lowest BCUT2D eigenvalue weighted by Crippen LogP contribution is -2.37. The zero-order valence-corrected chi connectivity index (χ0v) is 14.5. The minimum absolute atomic E-state index is 0.128. The number of hydrogen-bond acceptors (Lipinski definition) is 4. The van der Waals surface area contributed by atoms with E-state index in [2.05, 4.69) is 25.6 Å². The average Bonchev–Trinajstić information content (AvgIpc) is 2.59. The Morgan fingerprint density at radius 3 is 2.67 bits per heavy atom. The summed E-state index contributed by atoms with van der Waals surface area (Å²) in [5.41, 5.74) is 2.13. The van der Waals surface area contributed by atoms with Crippen molar-refractivity contribution in [3.63, 3.8) is 0 Å². The smallest absolute Gasteiger partial charge is 0.213 e. The molecule has 2 rings (SSSR count). The van der Waals surface area contributed by atoms with E-state index in [1.807, 2.05) is 56.6 Å². The minimum atomic E-state index is 0.128. The molecule has 0 bridgehead atoms. The predicted octanol–water partition coefficient (Wildman–Crippen LogP) is 2.17. The molecular formula is C18H25N5O. The van der Waals surface area contributed by atoms with Gasteiger partial charge >= 0.3 is 0 Å². The molecule has 6 nitrogen and oxygen atoms in total. The zero-order valence-electron chi connectivity index (χ0n) is 14.5. The third kappa shape index (κ3) is 6.24. The van der Waals surface area contributed by atoms with Gasteiger partial charge < -0.3 is 15.4 Å². The summed E-state index contributed by atoms with van der Waals surface area (Å²) < 4.78 is 5.54. The summed E-state index contributed by atoms with van der Waals surface area (Å²) >= 11 is 0. The summed E-state index contributed by atoms with van der Waals surface area (Å²) in [6.45, 7) is 5.39. The van der Waals surface area contributed by atoms with Crippen molar-refractivity contribution in [2.75, 3.05) is 13.6 Å². The summed E-state index contributed by atoms with van der Waals surface area (Å²) in [7, 11) is 1.76. The standard InChI is InChI=1S/C18H25N5O/c1-14(2)24-17-8-7-15(12-22-17)13-23-18(19-3)21-11-9-16-6-4-5-10-20-16/h4-8,10,12,14H,9,11,13H2,1-3H3,(H2,19,21,23). The molecule has 2 aromatic rings. The third-order valence-corrected chi connectivity index (χ3v) is 3.24. The Morgan fingerprint density at radius 2 is 2.04 bits per heavy atom. The molecule has 2 heterocycles. The van der Waals surface area contributed by atoms with Gasteiger partial charge in [0.15, 0.2) is 5.96 Å². The molecule has 128 valence electrons. The normalized spacial score (nSPS) is 11.4. The van der Waals surface area contributed by atoms with Crippen LogP contribution in [0.25, 0.3) is 0 Å². The fourth-order valence-electron chi connectivity index (χ4n) is 2.09. The van der Waals surface area contributed by atoms with Gasteiger partial charge in [0, 0.05) is 50.7 Å². The molecule has 0 atom stereocenters. The van der Waals surface area contributed by atoms with Crippen molar-refractivity contribution >= 4 is 5.96 Å². The average molecular weight is 327 g/mol. The van der Waals surface area contributed by atoms with Crippen molar-refractivity contribution in [1.82, 2.24) is 20.6 Å². The summed E-state index contributed by atoms with van der Waals surface area (Å²) in [5.74, 6) is 1.40. The number of hydrogen-bond donors (Lipinski definition) is 2. The Hall–Kier alpha value is -2.63. The minimum Gasteiger partial charge on any atom is -0.475 e. The van der Waals surface area contributed by atoms with Crippen LogP contribution < -0.4 is 15.4 Å². The largest absolute Gasteiger partial charge is 0.475 e. The molecule has 0 amide bonds. The molecule has 0 saturated heterocycles. The second kappa shape index (κ2) is 9.50. The van der Waals surface area contributed by atoms with Gasteiger partial charge in [-0.05, 0) is 31.5 Å². The molecule has 0 fully saturated rings. The highest BCUT2D eigenvalue weighted by molar-refractivity contribution is 5.79. The summed E-state index contributed by atoms with van der Waals surface area (Å²) in [6, 6.07) is 9.81. The van der Waals surface area contributed by atoms with Gasteiger partial charge in [-0.2, -0.15) is 0 Å². The number of aliphatic imine (C=N–C) groups is 1. The van der Waals surface area contributed by atoms with Gasteiger partial charge in [-0.3, -0.25) is 9.98 Å². The number of rotatable bonds is 7. The highest BCUT2D eigenvalue weighted by atomic mass is 16.5. The molecule has 0 aliphatic carbocycles. The van der Waals surface area contributed by atoms with Crippen molar-refractivity contribution in [2.24, 2.45) is 4.99 Å². The van der Waals surface area contributed by atoms with E-state index >= 15 is 0 Å². The SMILES string of the molecule is CN=C(NCCc1ccccn1)NCc1ccc(OC(C)C)nc1. The Kier molecular flexibility index (Phi) is 7.01. The summed E-state index contributed by atoms with van der Waals surface area (Å²) in [4.78, 5) is 12.8. The van der Waals surface area contributed by atoms with Gasteiger partial charge in [-0.15, -0.1) is 0 Å². The van der Waals surface area contributed by atoms with Gasteiger partial charge in [-0.1, -0.05) is 12.1 Å². The second-order valence-corrected chi connectivity index (χ2v) is 5.59. The van der Waals surface area contributed by atoms with Crippen molar-refractivity contribution in [3.05, 3.63) is 54.0 Å². The lowest BCUT2D eigenvalue weighted by atomic mass is 10.3. The number of guanidine groups is 1. The molecule has 0 radical (unpaired) electrons. The van der Waals surface area contributed by atoms with E-state index in [0.29, 0.717) is 12.4 Å². The molecular weight excluding hydrogens is 302 g/mol. The fourth-order valence-corrected chi connectivity index (χ4v) is 2.09. The van der Waals surface area contributed by atoms with Crippen molar-refractivity contribution in [1.29, 1.82) is 0 Å². The molecule has 0 aromatic carbocycles. The Labute approximate surface area is 143 Å². The van der Waals surface area contributed by atoms with Gasteiger partial charge in [0.25, 0.3) is 0 Å². The zero-order chi connectivity index (χ0) is 17.2. The second-order valence-electron chi connectivity index (χ2n) is 5.59. The highest BCUT2D eigenvalue weighted by Gasteiger charge is 2.02. The molecule has 0 saturated carbocycles. The van der Waals surface area contributed by atoms with Gasteiger partial charge in [-0.25, -0.2) is 4.98 Å². The maximum absolute atomic E-state index is 5.54. The number of aromatic nitrogens is 2. The van der Waals surface area contributed by atoms with Crippen LogP contribution in [-0.4, -0.2) is 35.6 Å². The lowest BCUT2D eigenvalue weighted by molar-refractivity contribution is 0.232. The van der Waals surface area contributed by atoms with Crippen molar-refractivity contribution in [3.8, 4) is 5.88 Å². The molecule has 0 unspecified atom stereocenters. The number of nitrogens with one attached hydrogen (secondary N) is 2. The number of pyridine rings is 2. The molecule has 0 aliphatic rings. The Morgan fingerprint density at radius 1 is 1.17 bits per heavy atom. The first-order valence-electron chi connectivity index (χ1n) is 8.13. The molecule has 0 aliphatic heterocycles. The molecule has 2 N–H and O–H groups in total. The van der Waals surface area contributed by atoms with Gasteiger partial charge in [0.05, 0.1) is 6.10 Å². The summed E-state index contributed by atoms with van der Waals surface area (Å²) in [6.07, 6.45) is 4.60. The van der Waals surface area contributed by atoms with Crippen molar-refractivity contribution in [2.45, 2.75) is 32.9 Å². The third-order valence-electron chi connectivity index (χ3n) is 3.24. The fraction of sp³-hybridized carbons (Fsp3) is 0.389. The Balaban J connectivity index is 1.75. The van der Waals surface area contributed by atoms with E-state index in [0.717, 1.165) is 30.2 Å². The molecule has 6 heteroatoms. The Bertz CT molecular complexity index is 626. The molecule has 24 heavy (non-hydrogen) atoms. The van der Waals surface area contributed by atoms with Gasteiger partial charge in [0.2, 0.25) is 5.88 Å². The van der Waals surface area contributed by atoms with Crippen LogP contribution in [0.1, 0.15) is 25.1 Å². The maximum Gasteiger partial charge on any atom is 0.213 e. The van der Waals surface area contributed by atoms with Crippen LogP contribution in [0.3, 0.4) is 0 Å². The monoisotopic (exact) mass is 327 g/mol. The van der Waals surface area contributed by atoms with Crippen LogP contribution in [0.5, 0.6) is 5.88 Å². The van der Waals surface area contributed by atoms with E-state index in [1.54, 1.807) is 7.05 Å². The van der Waals surface area contributed by atoms with Crippen LogP contribution >= 0.6 is 0 Å².